The third kappa shape index (κ3) is 4.36. The van der Waals surface area contributed by atoms with E-state index in [0.717, 1.165) is 0 Å². The Hall–Kier alpha value is -3.23. The fourth-order valence-corrected chi connectivity index (χ4v) is 2.70. The molecule has 28 heavy (non-hydrogen) atoms. The monoisotopic (exact) mass is 395 g/mol. The van der Waals surface area contributed by atoms with Crippen molar-refractivity contribution < 1.29 is 37.3 Å². The zero-order valence-corrected chi connectivity index (χ0v) is 15.3. The fraction of sp³-hybridized carbons (Fsp3) is 0.316. The van der Waals surface area contributed by atoms with Gasteiger partial charge in [0.15, 0.2) is 23.0 Å². The molecule has 150 valence electrons. The molecule has 0 fully saturated rings. The van der Waals surface area contributed by atoms with E-state index in [9.17, 15) is 13.6 Å². The van der Waals surface area contributed by atoms with E-state index in [4.69, 9.17) is 18.9 Å². The van der Waals surface area contributed by atoms with Crippen molar-refractivity contribution in [2.24, 2.45) is 0 Å². The second-order valence-corrected chi connectivity index (χ2v) is 5.75. The Kier molecular flexibility index (Phi) is 6.03. The van der Waals surface area contributed by atoms with E-state index < -0.39 is 6.61 Å². The summed E-state index contributed by atoms with van der Waals surface area (Å²) in [6.07, 6.45) is 0. The molecular weight excluding hydrogens is 376 g/mol. The molecule has 1 N–H and O–H groups in total. The largest absolute Gasteiger partial charge is 0.493 e. The average molecular weight is 395 g/mol. The molecule has 1 heterocycles. The first-order chi connectivity index (χ1) is 13.5. The quantitative estimate of drug-likeness (QED) is 0.777. The number of ether oxygens (including phenoxy) is 5. The lowest BCUT2D eigenvalue weighted by Gasteiger charge is -2.21. The third-order valence-electron chi connectivity index (χ3n) is 3.99. The van der Waals surface area contributed by atoms with Crippen LogP contribution in [0.1, 0.15) is 15.9 Å². The van der Waals surface area contributed by atoms with Gasteiger partial charge in [-0.25, -0.2) is 0 Å². The van der Waals surface area contributed by atoms with Crippen molar-refractivity contribution >= 4 is 5.91 Å². The SMILES string of the molecule is COc1cc(CNC(=O)c2cc(OC)c3c(c2)OCCO3)ccc1OC(F)F. The van der Waals surface area contributed by atoms with E-state index in [2.05, 4.69) is 10.1 Å². The molecule has 0 aromatic heterocycles. The summed E-state index contributed by atoms with van der Waals surface area (Å²) in [6.45, 7) is -2.01. The molecule has 1 aliphatic heterocycles. The number of hydrogen-bond acceptors (Lipinski definition) is 6. The van der Waals surface area contributed by atoms with E-state index in [-0.39, 0.29) is 24.0 Å². The number of carbonyl (C=O) groups excluding carboxylic acids is 1. The maximum Gasteiger partial charge on any atom is 0.387 e. The topological polar surface area (TPSA) is 75.3 Å². The van der Waals surface area contributed by atoms with E-state index in [0.29, 0.717) is 41.6 Å². The van der Waals surface area contributed by atoms with Crippen LogP contribution in [0.25, 0.3) is 0 Å². The van der Waals surface area contributed by atoms with Crippen LogP contribution in [0.5, 0.6) is 28.7 Å². The molecule has 0 spiro atoms. The van der Waals surface area contributed by atoms with Crippen LogP contribution in [0.4, 0.5) is 8.78 Å². The van der Waals surface area contributed by atoms with Gasteiger partial charge < -0.3 is 29.0 Å². The van der Waals surface area contributed by atoms with Crippen LogP contribution in [-0.4, -0.2) is 40.0 Å². The number of benzene rings is 2. The Morgan fingerprint density at radius 2 is 1.82 bits per heavy atom. The molecule has 1 amide bonds. The van der Waals surface area contributed by atoms with Gasteiger partial charge in [0.25, 0.3) is 5.91 Å². The highest BCUT2D eigenvalue weighted by molar-refractivity contribution is 5.95. The van der Waals surface area contributed by atoms with E-state index in [1.54, 1.807) is 18.2 Å². The molecule has 0 radical (unpaired) electrons. The highest BCUT2D eigenvalue weighted by Gasteiger charge is 2.21. The number of nitrogens with one attached hydrogen (secondary N) is 1. The average Bonchev–Trinajstić information content (AvgIpc) is 2.71. The molecule has 0 aliphatic carbocycles. The minimum atomic E-state index is -2.95. The predicted molar refractivity (Wildman–Crippen MR) is 94.8 cm³/mol. The predicted octanol–water partition coefficient (Wildman–Crippen LogP) is 3.01. The van der Waals surface area contributed by atoms with Gasteiger partial charge in [0.05, 0.1) is 14.2 Å². The van der Waals surface area contributed by atoms with Crippen LogP contribution >= 0.6 is 0 Å². The molecular formula is C19H19F2NO6. The van der Waals surface area contributed by atoms with Crippen molar-refractivity contribution in [3.05, 3.63) is 41.5 Å². The first-order valence-corrected chi connectivity index (χ1v) is 8.39. The Balaban J connectivity index is 1.72. The van der Waals surface area contributed by atoms with Gasteiger partial charge in [0.1, 0.15) is 13.2 Å². The van der Waals surface area contributed by atoms with E-state index in [1.165, 1.54) is 26.4 Å². The Labute approximate surface area is 160 Å². The number of carbonyl (C=O) groups is 1. The van der Waals surface area contributed by atoms with Gasteiger partial charge in [-0.15, -0.1) is 0 Å². The number of alkyl halides is 2. The number of methoxy groups -OCH3 is 2. The van der Waals surface area contributed by atoms with Crippen LogP contribution in [0.15, 0.2) is 30.3 Å². The molecule has 0 saturated carbocycles. The summed E-state index contributed by atoms with van der Waals surface area (Å²) in [5, 5.41) is 2.75. The lowest BCUT2D eigenvalue weighted by atomic mass is 10.1. The lowest BCUT2D eigenvalue weighted by Crippen LogP contribution is -2.23. The summed E-state index contributed by atoms with van der Waals surface area (Å²) in [7, 11) is 2.82. The Morgan fingerprint density at radius 3 is 2.54 bits per heavy atom. The summed E-state index contributed by atoms with van der Waals surface area (Å²) >= 11 is 0. The van der Waals surface area contributed by atoms with Gasteiger partial charge in [0.2, 0.25) is 5.75 Å². The van der Waals surface area contributed by atoms with Crippen molar-refractivity contribution in [2.45, 2.75) is 13.2 Å². The lowest BCUT2D eigenvalue weighted by molar-refractivity contribution is -0.0512. The van der Waals surface area contributed by atoms with Crippen molar-refractivity contribution in [3.63, 3.8) is 0 Å². The molecule has 0 unspecified atom stereocenters. The second-order valence-electron chi connectivity index (χ2n) is 5.75. The summed E-state index contributed by atoms with van der Waals surface area (Å²) in [4.78, 5) is 12.5. The smallest absolute Gasteiger partial charge is 0.387 e. The summed E-state index contributed by atoms with van der Waals surface area (Å²) in [5.74, 6) is 1.01. The minimum absolute atomic E-state index is 0.0795. The Morgan fingerprint density at radius 1 is 1.07 bits per heavy atom. The summed E-state index contributed by atoms with van der Waals surface area (Å²) < 4.78 is 50.5. The van der Waals surface area contributed by atoms with E-state index >= 15 is 0 Å². The van der Waals surface area contributed by atoms with E-state index in [1.807, 2.05) is 0 Å². The van der Waals surface area contributed by atoms with Gasteiger partial charge in [-0.05, 0) is 29.8 Å². The van der Waals surface area contributed by atoms with Gasteiger partial charge in [0, 0.05) is 12.1 Å². The first-order valence-electron chi connectivity index (χ1n) is 8.39. The standard InChI is InChI=1S/C19H19F2NO6/c1-24-14-7-11(3-4-13(14)28-19(20)21)10-22-18(23)12-8-15(25-2)17-16(9-12)26-5-6-27-17/h3-4,7-9,19H,5-6,10H2,1-2H3,(H,22,23). The van der Waals surface area contributed by atoms with Crippen LogP contribution in [0.3, 0.4) is 0 Å². The molecule has 0 atom stereocenters. The molecule has 2 aromatic carbocycles. The number of hydrogen-bond donors (Lipinski definition) is 1. The fourth-order valence-electron chi connectivity index (χ4n) is 2.70. The number of amides is 1. The minimum Gasteiger partial charge on any atom is -0.493 e. The summed E-state index contributed by atoms with van der Waals surface area (Å²) in [6, 6.07) is 7.57. The highest BCUT2D eigenvalue weighted by atomic mass is 19.3. The van der Waals surface area contributed by atoms with Gasteiger partial charge in [-0.1, -0.05) is 6.07 Å². The highest BCUT2D eigenvalue weighted by Crippen LogP contribution is 2.40. The maximum atomic E-state index is 12.5. The summed E-state index contributed by atoms with van der Waals surface area (Å²) in [5.41, 5.74) is 0.988. The zero-order valence-electron chi connectivity index (χ0n) is 15.3. The maximum absolute atomic E-state index is 12.5. The van der Waals surface area contributed by atoms with Crippen LogP contribution in [0, 0.1) is 0 Å². The first kappa shape index (κ1) is 19.5. The second kappa shape index (κ2) is 8.64. The molecule has 0 saturated heterocycles. The van der Waals surface area contributed by atoms with Crippen molar-refractivity contribution in [1.82, 2.24) is 5.32 Å². The number of fused-ring (bicyclic) bond motifs is 1. The number of rotatable bonds is 7. The van der Waals surface area contributed by atoms with Gasteiger partial charge >= 0.3 is 6.61 Å². The normalized spacial score (nSPS) is 12.5. The Bertz CT molecular complexity index is 841. The van der Waals surface area contributed by atoms with Gasteiger partial charge in [-0.3, -0.25) is 4.79 Å². The number of halogens is 2. The van der Waals surface area contributed by atoms with Crippen LogP contribution in [0.2, 0.25) is 0 Å². The molecule has 1 aliphatic rings. The van der Waals surface area contributed by atoms with Crippen LogP contribution in [-0.2, 0) is 6.54 Å². The van der Waals surface area contributed by atoms with Gasteiger partial charge in [-0.2, -0.15) is 8.78 Å². The molecule has 9 heteroatoms. The third-order valence-corrected chi connectivity index (χ3v) is 3.99. The van der Waals surface area contributed by atoms with Crippen molar-refractivity contribution in [1.29, 1.82) is 0 Å². The van der Waals surface area contributed by atoms with Crippen molar-refractivity contribution in [3.8, 4) is 28.7 Å². The molecule has 3 rings (SSSR count). The molecule has 0 bridgehead atoms. The zero-order chi connectivity index (χ0) is 20.1. The molecule has 7 nitrogen and oxygen atoms in total. The van der Waals surface area contributed by atoms with Crippen LogP contribution < -0.4 is 29.0 Å². The molecule has 2 aromatic rings. The van der Waals surface area contributed by atoms with Crippen molar-refractivity contribution in [2.75, 3.05) is 27.4 Å².